The number of carbonyl (C=O) groups is 1. The van der Waals surface area contributed by atoms with E-state index in [0.29, 0.717) is 23.9 Å². The fourth-order valence-electron chi connectivity index (χ4n) is 2.50. The Kier molecular flexibility index (Phi) is 2.06. The van der Waals surface area contributed by atoms with Gasteiger partial charge >= 0.3 is 0 Å². The van der Waals surface area contributed by atoms with Gasteiger partial charge in [-0.1, -0.05) is 0 Å². The number of amides is 1. The van der Waals surface area contributed by atoms with E-state index in [0.717, 1.165) is 19.5 Å². The molecule has 2 fully saturated rings. The molecular weight excluding hydrogens is 164 g/mol. The minimum atomic E-state index is 0.332. The molecule has 0 radical (unpaired) electrons. The Hall–Kier alpha value is -0.570. The molecule has 0 unspecified atom stereocenters. The van der Waals surface area contributed by atoms with Gasteiger partial charge < -0.3 is 4.90 Å². The molecule has 0 aromatic rings. The topological polar surface area (TPSA) is 23.6 Å². The van der Waals surface area contributed by atoms with Gasteiger partial charge in [0.1, 0.15) is 0 Å². The molecular formula is C10H18N2O. The summed E-state index contributed by atoms with van der Waals surface area (Å²) < 4.78 is 0. The summed E-state index contributed by atoms with van der Waals surface area (Å²) in [4.78, 5) is 15.8. The molecule has 3 nitrogen and oxygen atoms in total. The maximum absolute atomic E-state index is 11.4. The summed E-state index contributed by atoms with van der Waals surface area (Å²) in [6, 6.07) is 1.11. The number of carbonyl (C=O) groups excluding carboxylic acids is 1. The van der Waals surface area contributed by atoms with Crippen LogP contribution in [0.4, 0.5) is 0 Å². The Morgan fingerprint density at radius 1 is 1.38 bits per heavy atom. The third kappa shape index (κ3) is 1.35. The summed E-state index contributed by atoms with van der Waals surface area (Å²) in [5.74, 6) is 0.929. The molecule has 74 valence electrons. The van der Waals surface area contributed by atoms with Crippen molar-refractivity contribution in [3.05, 3.63) is 0 Å². The van der Waals surface area contributed by atoms with E-state index in [4.69, 9.17) is 0 Å². The van der Waals surface area contributed by atoms with E-state index in [-0.39, 0.29) is 0 Å². The minimum absolute atomic E-state index is 0.332. The second-order valence-corrected chi connectivity index (χ2v) is 4.58. The molecule has 2 aliphatic rings. The zero-order chi connectivity index (χ0) is 9.59. The highest BCUT2D eigenvalue weighted by atomic mass is 16.2. The van der Waals surface area contributed by atoms with E-state index in [2.05, 4.69) is 18.7 Å². The van der Waals surface area contributed by atoms with Crippen molar-refractivity contribution in [1.29, 1.82) is 0 Å². The van der Waals surface area contributed by atoms with E-state index in [9.17, 15) is 4.79 Å². The molecule has 1 amide bonds. The van der Waals surface area contributed by atoms with Crippen LogP contribution in [0.5, 0.6) is 0 Å². The van der Waals surface area contributed by atoms with Gasteiger partial charge in [0.2, 0.25) is 5.91 Å². The largest absolute Gasteiger partial charge is 0.341 e. The summed E-state index contributed by atoms with van der Waals surface area (Å²) in [5, 5.41) is 0. The smallest absolute Gasteiger partial charge is 0.223 e. The number of fused-ring (bicyclic) bond motifs is 1. The van der Waals surface area contributed by atoms with Crippen molar-refractivity contribution in [3.63, 3.8) is 0 Å². The van der Waals surface area contributed by atoms with Crippen molar-refractivity contribution in [2.24, 2.45) is 5.92 Å². The highest BCUT2D eigenvalue weighted by Crippen LogP contribution is 2.31. The highest BCUT2D eigenvalue weighted by molar-refractivity contribution is 5.79. The number of likely N-dealkylation sites (N-methyl/N-ethyl adjacent to an activating group) is 1. The zero-order valence-corrected chi connectivity index (χ0v) is 8.66. The van der Waals surface area contributed by atoms with Crippen LogP contribution in [0.25, 0.3) is 0 Å². The molecule has 2 aliphatic heterocycles. The quantitative estimate of drug-likeness (QED) is 0.591. The predicted molar refractivity (Wildman–Crippen MR) is 51.4 cm³/mol. The van der Waals surface area contributed by atoms with Gasteiger partial charge in [-0.2, -0.15) is 0 Å². The molecule has 2 rings (SSSR count). The van der Waals surface area contributed by atoms with Gasteiger partial charge in [-0.05, 0) is 13.8 Å². The van der Waals surface area contributed by atoms with Crippen molar-refractivity contribution in [2.45, 2.75) is 32.4 Å². The Bertz CT molecular complexity index is 227. The molecule has 3 heteroatoms. The first-order valence-electron chi connectivity index (χ1n) is 5.09. The predicted octanol–water partition coefficient (Wildman–Crippen LogP) is 0.557. The fourth-order valence-corrected chi connectivity index (χ4v) is 2.50. The molecule has 0 aliphatic carbocycles. The summed E-state index contributed by atoms with van der Waals surface area (Å²) in [7, 11) is 1.94. The average molecular weight is 182 g/mol. The Labute approximate surface area is 79.7 Å². The number of hydrogen-bond donors (Lipinski definition) is 0. The normalized spacial score (nSPS) is 34.8. The Balaban J connectivity index is 2.04. The third-order valence-corrected chi connectivity index (χ3v) is 3.49. The van der Waals surface area contributed by atoms with Gasteiger partial charge in [0.15, 0.2) is 0 Å². The van der Waals surface area contributed by atoms with Gasteiger partial charge in [-0.25, -0.2) is 0 Å². The monoisotopic (exact) mass is 182 g/mol. The highest BCUT2D eigenvalue weighted by Gasteiger charge is 2.44. The van der Waals surface area contributed by atoms with E-state index in [1.165, 1.54) is 0 Å². The Morgan fingerprint density at radius 3 is 2.62 bits per heavy atom. The maximum atomic E-state index is 11.4. The fraction of sp³-hybridized carbons (Fsp3) is 0.900. The maximum Gasteiger partial charge on any atom is 0.223 e. The van der Waals surface area contributed by atoms with Crippen LogP contribution < -0.4 is 0 Å². The molecule has 2 atom stereocenters. The SMILES string of the molecule is CC(C)N1C[C@@H]2CC(=O)N(C)[C@@H]2C1. The molecule has 0 spiro atoms. The minimum Gasteiger partial charge on any atom is -0.341 e. The second-order valence-electron chi connectivity index (χ2n) is 4.58. The Morgan fingerprint density at radius 2 is 2.08 bits per heavy atom. The lowest BCUT2D eigenvalue weighted by Gasteiger charge is -2.23. The van der Waals surface area contributed by atoms with Crippen LogP contribution in [-0.4, -0.2) is 47.9 Å². The van der Waals surface area contributed by atoms with Crippen molar-refractivity contribution in [3.8, 4) is 0 Å². The van der Waals surface area contributed by atoms with Crippen molar-refractivity contribution < 1.29 is 4.79 Å². The zero-order valence-electron chi connectivity index (χ0n) is 8.66. The molecule has 2 saturated heterocycles. The first-order chi connectivity index (χ1) is 6.09. The molecule has 2 heterocycles. The number of nitrogens with zero attached hydrogens (tertiary/aromatic N) is 2. The van der Waals surface area contributed by atoms with E-state index >= 15 is 0 Å². The lowest BCUT2D eigenvalue weighted by atomic mass is 10.1. The van der Waals surface area contributed by atoms with Crippen LogP contribution in [0.2, 0.25) is 0 Å². The standard InChI is InChI=1S/C10H18N2O/c1-7(2)12-5-8-4-10(13)11(3)9(8)6-12/h7-9H,4-6H2,1-3H3/t8-,9+/m0/s1. The number of likely N-dealkylation sites (tertiary alicyclic amines) is 2. The number of rotatable bonds is 1. The van der Waals surface area contributed by atoms with Gasteiger partial charge in [-0.3, -0.25) is 9.69 Å². The second kappa shape index (κ2) is 2.98. The summed E-state index contributed by atoms with van der Waals surface area (Å²) in [6.07, 6.45) is 0.768. The number of hydrogen-bond acceptors (Lipinski definition) is 2. The van der Waals surface area contributed by atoms with E-state index in [1.54, 1.807) is 0 Å². The van der Waals surface area contributed by atoms with Gasteiger partial charge in [0.25, 0.3) is 0 Å². The van der Waals surface area contributed by atoms with Crippen LogP contribution in [0.1, 0.15) is 20.3 Å². The van der Waals surface area contributed by atoms with Crippen molar-refractivity contribution in [1.82, 2.24) is 9.80 Å². The molecule has 0 aromatic heterocycles. The van der Waals surface area contributed by atoms with Crippen LogP contribution in [0.3, 0.4) is 0 Å². The van der Waals surface area contributed by atoms with Crippen molar-refractivity contribution in [2.75, 3.05) is 20.1 Å². The molecule has 0 aromatic carbocycles. The van der Waals surface area contributed by atoms with Crippen LogP contribution in [0.15, 0.2) is 0 Å². The molecule has 0 bridgehead atoms. The summed E-state index contributed by atoms with van der Waals surface area (Å²) >= 11 is 0. The first kappa shape index (κ1) is 9.00. The van der Waals surface area contributed by atoms with Crippen molar-refractivity contribution >= 4 is 5.91 Å². The summed E-state index contributed by atoms with van der Waals surface area (Å²) in [6.45, 7) is 6.63. The van der Waals surface area contributed by atoms with Gasteiger partial charge in [0.05, 0.1) is 0 Å². The van der Waals surface area contributed by atoms with Gasteiger partial charge in [0, 0.05) is 44.6 Å². The molecule has 0 saturated carbocycles. The summed E-state index contributed by atoms with van der Waals surface area (Å²) in [5.41, 5.74) is 0. The van der Waals surface area contributed by atoms with E-state index < -0.39 is 0 Å². The van der Waals surface area contributed by atoms with Crippen LogP contribution >= 0.6 is 0 Å². The first-order valence-corrected chi connectivity index (χ1v) is 5.09. The lowest BCUT2D eigenvalue weighted by molar-refractivity contribution is -0.127. The molecule has 13 heavy (non-hydrogen) atoms. The van der Waals surface area contributed by atoms with Gasteiger partial charge in [-0.15, -0.1) is 0 Å². The average Bonchev–Trinajstić information content (AvgIpc) is 2.55. The lowest BCUT2D eigenvalue weighted by Crippen LogP contribution is -2.36. The molecule has 0 N–H and O–H groups in total. The van der Waals surface area contributed by atoms with Crippen LogP contribution in [-0.2, 0) is 4.79 Å². The van der Waals surface area contributed by atoms with E-state index in [1.807, 2.05) is 11.9 Å². The third-order valence-electron chi connectivity index (χ3n) is 3.49. The van der Waals surface area contributed by atoms with Crippen LogP contribution in [0, 0.1) is 5.92 Å².